The van der Waals surface area contributed by atoms with Crippen molar-refractivity contribution in [2.75, 3.05) is 19.0 Å². The van der Waals surface area contributed by atoms with E-state index in [1.165, 1.54) is 0 Å². The predicted molar refractivity (Wildman–Crippen MR) is 85.6 cm³/mol. The largest absolute Gasteiger partial charge is 0.493 e. The molecule has 112 valence electrons. The van der Waals surface area contributed by atoms with E-state index in [0.29, 0.717) is 34.8 Å². The fourth-order valence-corrected chi connectivity index (χ4v) is 2.30. The third kappa shape index (κ3) is 3.88. The van der Waals surface area contributed by atoms with Gasteiger partial charge in [-0.25, -0.2) is 4.39 Å². The Kier molecular flexibility index (Phi) is 5.44. The minimum atomic E-state index is -0.296. The molecule has 0 radical (unpaired) electrons. The third-order valence-corrected chi connectivity index (χ3v) is 3.57. The summed E-state index contributed by atoms with van der Waals surface area (Å²) in [6.45, 7) is 3.00. The molecule has 0 atom stereocenters. The van der Waals surface area contributed by atoms with Gasteiger partial charge in [0.15, 0.2) is 17.3 Å². The lowest BCUT2D eigenvalue weighted by Crippen LogP contribution is -2.03. The van der Waals surface area contributed by atoms with Gasteiger partial charge in [0.1, 0.15) is 0 Å². The maximum atomic E-state index is 13.9. The second-order valence-corrected chi connectivity index (χ2v) is 5.23. The zero-order valence-electron chi connectivity index (χ0n) is 12.0. The molecule has 0 spiro atoms. The normalized spacial score (nSPS) is 10.3. The van der Waals surface area contributed by atoms with Crippen molar-refractivity contribution in [3.8, 4) is 11.5 Å². The maximum Gasteiger partial charge on any atom is 0.161 e. The van der Waals surface area contributed by atoms with Crippen molar-refractivity contribution in [1.29, 1.82) is 0 Å². The minimum Gasteiger partial charge on any atom is -0.493 e. The summed E-state index contributed by atoms with van der Waals surface area (Å²) in [4.78, 5) is 0. The molecule has 0 bridgehead atoms. The van der Waals surface area contributed by atoms with Crippen LogP contribution in [0.5, 0.6) is 11.5 Å². The lowest BCUT2D eigenvalue weighted by Gasteiger charge is -2.12. The molecule has 0 heterocycles. The van der Waals surface area contributed by atoms with E-state index in [4.69, 9.17) is 9.47 Å². The average molecular weight is 354 g/mol. The average Bonchev–Trinajstić information content (AvgIpc) is 2.50. The van der Waals surface area contributed by atoms with Gasteiger partial charge in [0.2, 0.25) is 0 Å². The highest BCUT2D eigenvalue weighted by Gasteiger charge is 2.08. The number of nitrogens with one attached hydrogen (secondary N) is 1. The summed E-state index contributed by atoms with van der Waals surface area (Å²) in [5, 5.41) is 3.07. The monoisotopic (exact) mass is 353 g/mol. The molecule has 2 aromatic rings. The van der Waals surface area contributed by atoms with Crippen LogP contribution in [-0.4, -0.2) is 13.7 Å². The molecule has 5 heteroatoms. The molecule has 2 aromatic carbocycles. The van der Waals surface area contributed by atoms with Crippen molar-refractivity contribution in [3.63, 3.8) is 0 Å². The van der Waals surface area contributed by atoms with Crippen LogP contribution in [0.15, 0.2) is 40.9 Å². The molecule has 0 saturated heterocycles. The lowest BCUT2D eigenvalue weighted by atomic mass is 10.2. The number of hydrogen-bond acceptors (Lipinski definition) is 3. The van der Waals surface area contributed by atoms with Crippen LogP contribution >= 0.6 is 15.9 Å². The van der Waals surface area contributed by atoms with Crippen molar-refractivity contribution in [1.82, 2.24) is 0 Å². The second-order valence-electron chi connectivity index (χ2n) is 4.37. The van der Waals surface area contributed by atoms with Gasteiger partial charge in [-0.2, -0.15) is 0 Å². The third-order valence-electron chi connectivity index (χ3n) is 2.96. The van der Waals surface area contributed by atoms with Gasteiger partial charge in [0.05, 0.1) is 23.9 Å². The van der Waals surface area contributed by atoms with Crippen LogP contribution in [0, 0.1) is 5.82 Å². The van der Waals surface area contributed by atoms with E-state index < -0.39 is 0 Å². The molecule has 21 heavy (non-hydrogen) atoms. The molecule has 0 fully saturated rings. The summed E-state index contributed by atoms with van der Waals surface area (Å²) in [5.41, 5.74) is 1.44. The first-order valence-corrected chi connectivity index (χ1v) is 7.42. The van der Waals surface area contributed by atoms with Gasteiger partial charge in [-0.15, -0.1) is 0 Å². The molecule has 0 aliphatic heterocycles. The number of methoxy groups -OCH3 is 1. The Morgan fingerprint density at radius 3 is 2.71 bits per heavy atom. The van der Waals surface area contributed by atoms with Gasteiger partial charge in [0, 0.05) is 6.54 Å². The Balaban J connectivity index is 2.11. The number of rotatable bonds is 6. The van der Waals surface area contributed by atoms with Crippen LogP contribution in [0.1, 0.15) is 12.5 Å². The molecular weight excluding hydrogens is 337 g/mol. The molecule has 3 nitrogen and oxygen atoms in total. The predicted octanol–water partition coefficient (Wildman–Crippen LogP) is 4.61. The fourth-order valence-electron chi connectivity index (χ4n) is 1.93. The van der Waals surface area contributed by atoms with Crippen LogP contribution in [-0.2, 0) is 6.54 Å². The summed E-state index contributed by atoms with van der Waals surface area (Å²) >= 11 is 3.17. The first-order chi connectivity index (χ1) is 10.2. The van der Waals surface area contributed by atoms with Crippen LogP contribution < -0.4 is 14.8 Å². The van der Waals surface area contributed by atoms with Crippen LogP contribution in [0.4, 0.5) is 10.1 Å². The number of ether oxygens (including phenoxy) is 2. The highest BCUT2D eigenvalue weighted by molar-refractivity contribution is 9.10. The van der Waals surface area contributed by atoms with Gasteiger partial charge in [-0.1, -0.05) is 12.1 Å². The standard InChI is InChI=1S/C16H17BrFNO2/c1-3-21-14-8-7-11(9-15(14)20-2)10-19-13-6-4-5-12(17)16(13)18/h4-9,19H,3,10H2,1-2H3. The van der Waals surface area contributed by atoms with E-state index in [9.17, 15) is 4.39 Å². The van der Waals surface area contributed by atoms with Crippen molar-refractivity contribution in [2.24, 2.45) is 0 Å². The lowest BCUT2D eigenvalue weighted by molar-refractivity contribution is 0.310. The van der Waals surface area contributed by atoms with Crippen molar-refractivity contribution < 1.29 is 13.9 Å². The molecule has 0 unspecified atom stereocenters. The van der Waals surface area contributed by atoms with Gasteiger partial charge < -0.3 is 14.8 Å². The van der Waals surface area contributed by atoms with E-state index in [0.717, 1.165) is 5.56 Å². The molecule has 0 saturated carbocycles. The Morgan fingerprint density at radius 2 is 2.00 bits per heavy atom. The van der Waals surface area contributed by atoms with E-state index in [2.05, 4.69) is 21.2 Å². The molecule has 0 aromatic heterocycles. The second kappa shape index (κ2) is 7.31. The maximum absolute atomic E-state index is 13.9. The first kappa shape index (κ1) is 15.6. The SMILES string of the molecule is CCOc1ccc(CNc2cccc(Br)c2F)cc1OC. The summed E-state index contributed by atoms with van der Waals surface area (Å²) in [6, 6.07) is 10.8. The zero-order valence-corrected chi connectivity index (χ0v) is 13.5. The van der Waals surface area contributed by atoms with Crippen molar-refractivity contribution in [2.45, 2.75) is 13.5 Å². The highest BCUT2D eigenvalue weighted by atomic mass is 79.9. The molecule has 0 amide bonds. The highest BCUT2D eigenvalue weighted by Crippen LogP contribution is 2.29. The van der Waals surface area contributed by atoms with E-state index >= 15 is 0 Å². The van der Waals surface area contributed by atoms with Crippen LogP contribution in [0.3, 0.4) is 0 Å². The summed E-state index contributed by atoms with van der Waals surface area (Å²) in [5.74, 6) is 1.08. The van der Waals surface area contributed by atoms with E-state index in [1.54, 1.807) is 25.3 Å². The molecule has 2 rings (SSSR count). The Morgan fingerprint density at radius 1 is 1.19 bits per heavy atom. The quantitative estimate of drug-likeness (QED) is 0.822. The summed E-state index contributed by atoms with van der Waals surface area (Å²) in [6.07, 6.45) is 0. The van der Waals surface area contributed by atoms with Gasteiger partial charge in [-0.05, 0) is 52.7 Å². The molecule has 0 aliphatic carbocycles. The summed E-state index contributed by atoms with van der Waals surface area (Å²) in [7, 11) is 1.60. The zero-order chi connectivity index (χ0) is 15.2. The van der Waals surface area contributed by atoms with Gasteiger partial charge in [-0.3, -0.25) is 0 Å². The van der Waals surface area contributed by atoms with Crippen molar-refractivity contribution in [3.05, 3.63) is 52.3 Å². The Bertz CT molecular complexity index is 619. The Labute approximate surface area is 132 Å². The van der Waals surface area contributed by atoms with E-state index in [-0.39, 0.29) is 5.82 Å². The Hall–Kier alpha value is -1.75. The number of benzene rings is 2. The van der Waals surface area contributed by atoms with E-state index in [1.807, 2.05) is 25.1 Å². The summed E-state index contributed by atoms with van der Waals surface area (Å²) < 4.78 is 25.1. The first-order valence-electron chi connectivity index (χ1n) is 6.63. The number of anilines is 1. The minimum absolute atomic E-state index is 0.296. The molecule has 0 aliphatic rings. The van der Waals surface area contributed by atoms with Crippen LogP contribution in [0.2, 0.25) is 0 Å². The smallest absolute Gasteiger partial charge is 0.161 e. The van der Waals surface area contributed by atoms with Gasteiger partial charge >= 0.3 is 0 Å². The number of halogens is 2. The number of hydrogen-bond donors (Lipinski definition) is 1. The fraction of sp³-hybridized carbons (Fsp3) is 0.250. The molecular formula is C16H17BrFNO2. The van der Waals surface area contributed by atoms with Crippen molar-refractivity contribution >= 4 is 21.6 Å². The van der Waals surface area contributed by atoms with Crippen LogP contribution in [0.25, 0.3) is 0 Å². The van der Waals surface area contributed by atoms with Gasteiger partial charge in [0.25, 0.3) is 0 Å². The molecule has 1 N–H and O–H groups in total. The topological polar surface area (TPSA) is 30.5 Å².